The number of likely N-dealkylation sites (N-methyl/N-ethyl adjacent to an activating group) is 1. The zero-order chi connectivity index (χ0) is 14.6. The Balaban J connectivity index is 2.16. The molecule has 1 fully saturated rings. The van der Waals surface area contributed by atoms with Crippen molar-refractivity contribution in [3.8, 4) is 0 Å². The second-order valence-corrected chi connectivity index (χ2v) is 6.42. The monoisotopic (exact) mass is 301 g/mol. The van der Waals surface area contributed by atoms with E-state index in [9.17, 15) is 8.42 Å². The van der Waals surface area contributed by atoms with Crippen molar-refractivity contribution in [3.05, 3.63) is 12.4 Å². The Labute approximate surface area is 118 Å². The van der Waals surface area contributed by atoms with Crippen LogP contribution in [0.4, 0.5) is 5.95 Å². The summed E-state index contributed by atoms with van der Waals surface area (Å²) in [6, 6.07) is 0. The van der Waals surface area contributed by atoms with Crippen LogP contribution in [0.1, 0.15) is 19.8 Å². The highest BCUT2D eigenvalue weighted by Gasteiger charge is 2.28. The maximum Gasteiger partial charge on any atom is 0.246 e. The smallest absolute Gasteiger partial charge is 0.246 e. The number of nitrogens with two attached hydrogens (primary N) is 1. The third kappa shape index (κ3) is 3.23. The van der Waals surface area contributed by atoms with E-state index in [1.54, 1.807) is 6.92 Å². The number of nitrogen functional groups attached to an aromatic ring is 1. The third-order valence-corrected chi connectivity index (χ3v) is 5.07. The summed E-state index contributed by atoms with van der Waals surface area (Å²) < 4.78 is 31.9. The van der Waals surface area contributed by atoms with Gasteiger partial charge in [-0.1, -0.05) is 6.92 Å². The number of ether oxygens (including phenoxy) is 1. The summed E-state index contributed by atoms with van der Waals surface area (Å²) in [6.07, 6.45) is 4.32. The molecule has 1 atom stereocenters. The number of sulfonamides is 1. The molecular formula is C11H19N5O3S. The molecule has 3 N–H and O–H groups in total. The molecule has 1 aliphatic heterocycles. The van der Waals surface area contributed by atoms with Gasteiger partial charge in [-0.05, 0) is 12.8 Å². The molecule has 9 heteroatoms. The molecule has 0 aliphatic carbocycles. The number of nitrogens with one attached hydrogen (secondary N) is 1. The predicted octanol–water partition coefficient (Wildman–Crippen LogP) is -0.0482. The Hall–Kier alpha value is -1.29. The average Bonchev–Trinajstić information content (AvgIpc) is 2.97. The Morgan fingerprint density at radius 2 is 2.20 bits per heavy atom. The van der Waals surface area contributed by atoms with Crippen molar-refractivity contribution in [1.82, 2.24) is 14.3 Å². The zero-order valence-electron chi connectivity index (χ0n) is 11.3. The van der Waals surface area contributed by atoms with E-state index in [2.05, 4.69) is 15.4 Å². The minimum absolute atomic E-state index is 0.0318. The number of nitrogens with zero attached hydrogens (tertiary/aromatic N) is 3. The van der Waals surface area contributed by atoms with Crippen molar-refractivity contribution >= 4 is 16.0 Å². The van der Waals surface area contributed by atoms with Crippen molar-refractivity contribution in [3.63, 3.8) is 0 Å². The summed E-state index contributed by atoms with van der Waals surface area (Å²) in [5.74, 6) is 5.32. The maximum atomic E-state index is 12.5. The van der Waals surface area contributed by atoms with E-state index in [1.807, 2.05) is 0 Å². The molecule has 112 valence electrons. The van der Waals surface area contributed by atoms with Crippen LogP contribution in [0.3, 0.4) is 0 Å². The van der Waals surface area contributed by atoms with Crippen LogP contribution in [0, 0.1) is 0 Å². The Bertz CT molecular complexity index is 527. The Morgan fingerprint density at radius 1 is 1.50 bits per heavy atom. The molecule has 0 bridgehead atoms. The van der Waals surface area contributed by atoms with E-state index in [0.717, 1.165) is 12.8 Å². The van der Waals surface area contributed by atoms with Crippen LogP contribution in [0.5, 0.6) is 0 Å². The number of anilines is 1. The van der Waals surface area contributed by atoms with Gasteiger partial charge in [0, 0.05) is 19.7 Å². The second-order valence-electron chi connectivity index (χ2n) is 4.48. The van der Waals surface area contributed by atoms with E-state index in [0.29, 0.717) is 19.7 Å². The van der Waals surface area contributed by atoms with Crippen molar-refractivity contribution in [2.45, 2.75) is 30.8 Å². The molecule has 0 saturated carbocycles. The molecule has 2 rings (SSSR count). The first-order valence-corrected chi connectivity index (χ1v) is 7.92. The van der Waals surface area contributed by atoms with Crippen LogP contribution < -0.4 is 11.3 Å². The maximum absolute atomic E-state index is 12.5. The lowest BCUT2D eigenvalue weighted by molar-refractivity contribution is 0.0946. The molecule has 1 saturated heterocycles. The van der Waals surface area contributed by atoms with E-state index in [-0.39, 0.29) is 16.9 Å². The first-order valence-electron chi connectivity index (χ1n) is 6.48. The van der Waals surface area contributed by atoms with Gasteiger partial charge in [0.05, 0.1) is 18.5 Å². The molecule has 0 radical (unpaired) electrons. The molecule has 1 aliphatic rings. The molecule has 0 aromatic carbocycles. The predicted molar refractivity (Wildman–Crippen MR) is 73.2 cm³/mol. The minimum Gasteiger partial charge on any atom is -0.377 e. The van der Waals surface area contributed by atoms with Crippen LogP contribution in [0.25, 0.3) is 0 Å². The zero-order valence-corrected chi connectivity index (χ0v) is 12.1. The van der Waals surface area contributed by atoms with E-state index < -0.39 is 10.0 Å². The summed E-state index contributed by atoms with van der Waals surface area (Å²) in [7, 11) is -3.60. The molecule has 20 heavy (non-hydrogen) atoms. The van der Waals surface area contributed by atoms with Crippen molar-refractivity contribution < 1.29 is 13.2 Å². The molecule has 1 unspecified atom stereocenters. The summed E-state index contributed by atoms with van der Waals surface area (Å²) in [6.45, 7) is 3.22. The molecule has 2 heterocycles. The minimum atomic E-state index is -3.60. The number of rotatable bonds is 6. The van der Waals surface area contributed by atoms with Gasteiger partial charge in [-0.2, -0.15) is 4.31 Å². The van der Waals surface area contributed by atoms with Gasteiger partial charge in [-0.25, -0.2) is 24.2 Å². The van der Waals surface area contributed by atoms with Crippen LogP contribution in [0.2, 0.25) is 0 Å². The lowest BCUT2D eigenvalue weighted by atomic mass is 10.2. The molecule has 8 nitrogen and oxygen atoms in total. The van der Waals surface area contributed by atoms with Gasteiger partial charge in [0.1, 0.15) is 4.90 Å². The molecule has 1 aromatic heterocycles. The first-order chi connectivity index (χ1) is 9.57. The van der Waals surface area contributed by atoms with Gasteiger partial charge >= 0.3 is 0 Å². The van der Waals surface area contributed by atoms with Gasteiger partial charge < -0.3 is 4.74 Å². The first kappa shape index (κ1) is 15.1. The highest BCUT2D eigenvalue weighted by atomic mass is 32.2. The summed E-state index contributed by atoms with van der Waals surface area (Å²) in [4.78, 5) is 7.71. The van der Waals surface area contributed by atoms with E-state index in [1.165, 1.54) is 16.7 Å². The van der Waals surface area contributed by atoms with Crippen LogP contribution in [0.15, 0.2) is 17.3 Å². The number of hydrazine groups is 1. The second kappa shape index (κ2) is 6.44. The standard InChI is InChI=1S/C11H19N5O3S/c1-2-16(8-9-4-3-5-19-9)20(17,18)10-6-13-11(15-12)14-7-10/h6-7,9H,2-5,8,12H2,1H3,(H,13,14,15). The highest BCUT2D eigenvalue weighted by molar-refractivity contribution is 7.89. The normalized spacial score (nSPS) is 19.4. The SMILES string of the molecule is CCN(CC1CCCO1)S(=O)(=O)c1cnc(NN)nc1. The van der Waals surface area contributed by atoms with Crippen LogP contribution >= 0.6 is 0 Å². The highest BCUT2D eigenvalue weighted by Crippen LogP contribution is 2.19. The molecule has 1 aromatic rings. The van der Waals surface area contributed by atoms with Crippen LogP contribution in [-0.4, -0.2) is 48.5 Å². The summed E-state index contributed by atoms with van der Waals surface area (Å²) in [5.41, 5.74) is 2.26. The van der Waals surface area contributed by atoms with Crippen molar-refractivity contribution in [1.29, 1.82) is 0 Å². The van der Waals surface area contributed by atoms with Gasteiger partial charge in [0.2, 0.25) is 16.0 Å². The average molecular weight is 301 g/mol. The fourth-order valence-electron chi connectivity index (χ4n) is 2.09. The molecule has 0 spiro atoms. The van der Waals surface area contributed by atoms with Gasteiger partial charge in [0.15, 0.2) is 0 Å². The summed E-state index contributed by atoms with van der Waals surface area (Å²) in [5, 5.41) is 0. The van der Waals surface area contributed by atoms with E-state index >= 15 is 0 Å². The Kier molecular flexibility index (Phi) is 4.86. The quantitative estimate of drug-likeness (QED) is 0.560. The van der Waals surface area contributed by atoms with Gasteiger partial charge in [-0.15, -0.1) is 0 Å². The number of hydrogen-bond donors (Lipinski definition) is 2. The molecule has 0 amide bonds. The number of aromatic nitrogens is 2. The number of hydrogen-bond acceptors (Lipinski definition) is 7. The largest absolute Gasteiger partial charge is 0.377 e. The summed E-state index contributed by atoms with van der Waals surface area (Å²) >= 11 is 0. The fraction of sp³-hybridized carbons (Fsp3) is 0.636. The van der Waals surface area contributed by atoms with Gasteiger partial charge in [0.25, 0.3) is 0 Å². The van der Waals surface area contributed by atoms with Crippen LogP contribution in [-0.2, 0) is 14.8 Å². The van der Waals surface area contributed by atoms with Gasteiger partial charge in [-0.3, -0.25) is 5.43 Å². The lowest BCUT2D eigenvalue weighted by Crippen LogP contribution is -2.37. The topological polar surface area (TPSA) is 110 Å². The lowest BCUT2D eigenvalue weighted by Gasteiger charge is -2.23. The van der Waals surface area contributed by atoms with E-state index in [4.69, 9.17) is 10.6 Å². The molecular weight excluding hydrogens is 282 g/mol. The van der Waals surface area contributed by atoms with Crippen molar-refractivity contribution in [2.75, 3.05) is 25.1 Å². The van der Waals surface area contributed by atoms with Crippen molar-refractivity contribution in [2.24, 2.45) is 5.84 Å². The third-order valence-electron chi connectivity index (χ3n) is 3.18. The fourth-order valence-corrected chi connectivity index (χ4v) is 3.46. The Morgan fingerprint density at radius 3 is 2.70 bits per heavy atom.